The minimum absolute atomic E-state index is 0.0530. The molecule has 0 bridgehead atoms. The number of carboxylic acid groups (broad SMARTS) is 1. The summed E-state index contributed by atoms with van der Waals surface area (Å²) < 4.78 is 0. The molecule has 3 atom stereocenters. The number of hydrogen-bond donors (Lipinski definition) is 1. The van der Waals surface area contributed by atoms with Gasteiger partial charge in [0.1, 0.15) is 0 Å². The highest BCUT2D eigenvalue weighted by molar-refractivity contribution is 5.76. The Balaban J connectivity index is 2.64. The van der Waals surface area contributed by atoms with E-state index >= 15 is 0 Å². The van der Waals surface area contributed by atoms with Crippen LogP contribution < -0.4 is 0 Å². The van der Waals surface area contributed by atoms with Gasteiger partial charge in [0.15, 0.2) is 0 Å². The topological polar surface area (TPSA) is 60.9 Å². The third-order valence-electron chi connectivity index (χ3n) is 3.71. The summed E-state index contributed by atoms with van der Waals surface area (Å²) in [5.74, 6) is -1.40. The van der Waals surface area contributed by atoms with Crippen LogP contribution in [0.25, 0.3) is 0 Å². The first kappa shape index (κ1) is 14.8. The molecule has 1 heterocycles. The first-order chi connectivity index (χ1) is 8.34. The highest BCUT2D eigenvalue weighted by atomic mass is 16.4. The van der Waals surface area contributed by atoms with Crippen LogP contribution in [0.3, 0.4) is 0 Å². The van der Waals surface area contributed by atoms with Crippen LogP contribution in [0, 0.1) is 5.92 Å². The molecule has 0 radical (unpaired) electrons. The van der Waals surface area contributed by atoms with Crippen molar-refractivity contribution in [3.63, 3.8) is 0 Å². The summed E-state index contributed by atoms with van der Waals surface area (Å²) in [4.78, 5) is 26.6. The molecule has 1 N–H and O–H groups in total. The third-order valence-corrected chi connectivity index (χ3v) is 3.71. The number of carbonyl (C=O) groups excluding carboxylic acids is 1. The van der Waals surface area contributed by atoms with Gasteiger partial charge in [-0.2, -0.15) is 0 Å². The second kappa shape index (κ2) is 6.07. The number of aliphatic carboxylic acids is 1. The molecule has 3 unspecified atom stereocenters. The van der Waals surface area contributed by atoms with E-state index in [0.29, 0.717) is 0 Å². The zero-order valence-electron chi connectivity index (χ0n) is 11.7. The molecule has 1 saturated heterocycles. The highest BCUT2D eigenvalue weighted by Gasteiger charge is 2.31. The molecule has 1 rings (SSSR count). The Morgan fingerprint density at radius 3 is 2.28 bits per heavy atom. The largest absolute Gasteiger partial charge is 0.481 e. The SMILES string of the molecule is CC(CN(C)C(=O)N1C(C)CCCC1C)C(=O)O. The molecule has 0 aromatic carbocycles. The van der Waals surface area contributed by atoms with E-state index in [9.17, 15) is 9.59 Å². The number of hydrogen-bond acceptors (Lipinski definition) is 2. The molecule has 0 aromatic heterocycles. The summed E-state index contributed by atoms with van der Waals surface area (Å²) in [6.45, 7) is 5.99. The molecule has 104 valence electrons. The van der Waals surface area contributed by atoms with Gasteiger partial charge in [0.2, 0.25) is 0 Å². The molecule has 18 heavy (non-hydrogen) atoms. The Hall–Kier alpha value is -1.26. The molecular weight excluding hydrogens is 232 g/mol. The van der Waals surface area contributed by atoms with E-state index in [1.165, 1.54) is 4.90 Å². The number of piperidine rings is 1. The van der Waals surface area contributed by atoms with Crippen molar-refractivity contribution in [2.75, 3.05) is 13.6 Å². The van der Waals surface area contributed by atoms with Gasteiger partial charge in [-0.1, -0.05) is 6.92 Å². The summed E-state index contributed by atoms with van der Waals surface area (Å²) >= 11 is 0. The molecule has 5 nitrogen and oxygen atoms in total. The Morgan fingerprint density at radius 2 is 1.83 bits per heavy atom. The maximum Gasteiger partial charge on any atom is 0.320 e. The van der Waals surface area contributed by atoms with Gasteiger partial charge in [0, 0.05) is 25.7 Å². The third kappa shape index (κ3) is 3.37. The zero-order chi connectivity index (χ0) is 13.9. The van der Waals surface area contributed by atoms with E-state index in [0.717, 1.165) is 19.3 Å². The zero-order valence-corrected chi connectivity index (χ0v) is 11.7. The second-order valence-electron chi connectivity index (χ2n) is 5.44. The van der Waals surface area contributed by atoms with Gasteiger partial charge in [0.25, 0.3) is 0 Å². The van der Waals surface area contributed by atoms with E-state index in [2.05, 4.69) is 13.8 Å². The highest BCUT2D eigenvalue weighted by Crippen LogP contribution is 2.23. The minimum Gasteiger partial charge on any atom is -0.481 e. The molecule has 0 spiro atoms. The molecule has 2 amide bonds. The monoisotopic (exact) mass is 256 g/mol. The lowest BCUT2D eigenvalue weighted by Gasteiger charge is -2.41. The van der Waals surface area contributed by atoms with Gasteiger partial charge in [-0.05, 0) is 33.1 Å². The van der Waals surface area contributed by atoms with Crippen molar-refractivity contribution in [1.29, 1.82) is 0 Å². The maximum atomic E-state index is 12.3. The standard InChI is InChI=1S/C13H24N2O3/c1-9(12(16)17)8-14(4)13(18)15-10(2)6-5-7-11(15)3/h9-11H,5-8H2,1-4H3,(H,16,17). The maximum absolute atomic E-state index is 12.3. The molecule has 0 saturated carbocycles. The van der Waals surface area contributed by atoms with E-state index in [-0.39, 0.29) is 24.7 Å². The van der Waals surface area contributed by atoms with Gasteiger partial charge >= 0.3 is 12.0 Å². The summed E-state index contributed by atoms with van der Waals surface area (Å²) in [5.41, 5.74) is 0. The van der Waals surface area contributed by atoms with Crippen molar-refractivity contribution in [1.82, 2.24) is 9.80 Å². The smallest absolute Gasteiger partial charge is 0.320 e. The number of urea groups is 1. The average molecular weight is 256 g/mol. The van der Waals surface area contributed by atoms with Crippen molar-refractivity contribution >= 4 is 12.0 Å². The minimum atomic E-state index is -0.866. The van der Waals surface area contributed by atoms with Crippen molar-refractivity contribution < 1.29 is 14.7 Å². The van der Waals surface area contributed by atoms with Crippen LogP contribution in [0.2, 0.25) is 0 Å². The van der Waals surface area contributed by atoms with Gasteiger partial charge in [-0.3, -0.25) is 4.79 Å². The summed E-state index contributed by atoms with van der Waals surface area (Å²) in [6.07, 6.45) is 3.21. The Labute approximate surface area is 109 Å². The van der Waals surface area contributed by atoms with Crippen LogP contribution in [-0.4, -0.2) is 52.6 Å². The lowest BCUT2D eigenvalue weighted by molar-refractivity contribution is -0.141. The van der Waals surface area contributed by atoms with Gasteiger partial charge < -0.3 is 14.9 Å². The van der Waals surface area contributed by atoms with E-state index < -0.39 is 11.9 Å². The molecule has 0 aliphatic carbocycles. The Morgan fingerprint density at radius 1 is 1.33 bits per heavy atom. The Kier molecular flexibility index (Phi) is 4.99. The number of rotatable bonds is 3. The fourth-order valence-corrected chi connectivity index (χ4v) is 2.56. The normalized spacial score (nSPS) is 25.7. The van der Waals surface area contributed by atoms with Crippen LogP contribution in [0.15, 0.2) is 0 Å². The quantitative estimate of drug-likeness (QED) is 0.840. The summed E-state index contributed by atoms with van der Waals surface area (Å²) in [7, 11) is 1.68. The molecular formula is C13H24N2O3. The van der Waals surface area contributed by atoms with Gasteiger partial charge in [-0.15, -0.1) is 0 Å². The van der Waals surface area contributed by atoms with Crippen LogP contribution in [0.4, 0.5) is 4.79 Å². The molecule has 5 heteroatoms. The van der Waals surface area contributed by atoms with E-state index in [4.69, 9.17) is 5.11 Å². The van der Waals surface area contributed by atoms with E-state index in [1.54, 1.807) is 14.0 Å². The van der Waals surface area contributed by atoms with Crippen molar-refractivity contribution in [3.8, 4) is 0 Å². The van der Waals surface area contributed by atoms with Crippen molar-refractivity contribution in [3.05, 3.63) is 0 Å². The number of nitrogens with zero attached hydrogens (tertiary/aromatic N) is 2. The summed E-state index contributed by atoms with van der Waals surface area (Å²) in [6, 6.07) is 0.426. The van der Waals surface area contributed by atoms with Crippen LogP contribution in [-0.2, 0) is 4.79 Å². The number of carboxylic acids is 1. The van der Waals surface area contributed by atoms with E-state index in [1.807, 2.05) is 4.90 Å². The van der Waals surface area contributed by atoms with Crippen LogP contribution in [0.1, 0.15) is 40.0 Å². The number of amides is 2. The molecule has 1 aliphatic rings. The predicted octanol–water partition coefficient (Wildman–Crippen LogP) is 2.02. The Bertz CT molecular complexity index is 309. The molecule has 1 aliphatic heterocycles. The van der Waals surface area contributed by atoms with Crippen molar-refractivity contribution in [2.45, 2.75) is 52.1 Å². The fraction of sp³-hybridized carbons (Fsp3) is 0.846. The second-order valence-corrected chi connectivity index (χ2v) is 5.44. The van der Waals surface area contributed by atoms with Crippen LogP contribution in [0.5, 0.6) is 0 Å². The first-order valence-corrected chi connectivity index (χ1v) is 6.60. The molecule has 1 fully saturated rings. The summed E-state index contributed by atoms with van der Waals surface area (Å²) in [5, 5.41) is 8.88. The fourth-order valence-electron chi connectivity index (χ4n) is 2.56. The predicted molar refractivity (Wildman–Crippen MR) is 69.4 cm³/mol. The molecule has 0 aromatic rings. The average Bonchev–Trinajstić information content (AvgIpc) is 2.28. The van der Waals surface area contributed by atoms with Gasteiger partial charge in [0.05, 0.1) is 5.92 Å². The number of likely N-dealkylation sites (tertiary alicyclic amines) is 1. The van der Waals surface area contributed by atoms with Crippen molar-refractivity contribution in [2.24, 2.45) is 5.92 Å². The van der Waals surface area contributed by atoms with Crippen LogP contribution >= 0.6 is 0 Å². The lowest BCUT2D eigenvalue weighted by Crippen LogP contribution is -2.53. The number of carbonyl (C=O) groups is 2. The first-order valence-electron chi connectivity index (χ1n) is 6.60. The van der Waals surface area contributed by atoms with Gasteiger partial charge in [-0.25, -0.2) is 4.79 Å². The lowest BCUT2D eigenvalue weighted by atomic mass is 9.98.